The first-order chi connectivity index (χ1) is 42.5. The van der Waals surface area contributed by atoms with Crippen LogP contribution in [-0.4, -0.2) is 113 Å². The number of aromatic nitrogens is 4. The molecule has 8 aromatic rings. The van der Waals surface area contributed by atoms with Crippen molar-refractivity contribution in [1.82, 2.24) is 24.2 Å². The number of anilines is 1. The third-order valence-electron chi connectivity index (χ3n) is 15.5. The molecule has 1 unspecified atom stereocenters. The maximum Gasteiger partial charge on any atom is 0.409 e. The second-order valence-corrected chi connectivity index (χ2v) is 23.2. The van der Waals surface area contributed by atoms with E-state index >= 15 is 4.57 Å². The molecule has 0 bridgehead atoms. The first-order valence-electron chi connectivity index (χ1n) is 28.6. The number of non-ortho nitro benzene ring substituents is 1. The molecular weight excluding hydrogens is 1150 g/mol. The Morgan fingerprint density at radius 3 is 2.01 bits per heavy atom. The number of ketones is 2. The van der Waals surface area contributed by atoms with Gasteiger partial charge in [0, 0.05) is 53.7 Å². The van der Waals surface area contributed by atoms with E-state index in [9.17, 15) is 25.0 Å². The molecule has 0 amide bonds. The average molecular weight is 1220 g/mol. The average Bonchev–Trinajstić information content (AvgIpc) is 1.18. The van der Waals surface area contributed by atoms with Crippen LogP contribution in [0.2, 0.25) is 0 Å². The Labute approximate surface area is 509 Å². The number of imidazole rings is 1. The molecule has 3 heterocycles. The van der Waals surface area contributed by atoms with Crippen LogP contribution in [0.3, 0.4) is 0 Å². The number of nitro benzene ring substituents is 1. The molecule has 4 atom stereocenters. The molecule has 0 saturated carbocycles. The first-order valence-corrected chi connectivity index (χ1v) is 30.1. The fourth-order valence-electron chi connectivity index (χ4n) is 11.4. The van der Waals surface area contributed by atoms with Crippen molar-refractivity contribution >= 4 is 42.1 Å². The van der Waals surface area contributed by atoms with Gasteiger partial charge < -0.3 is 38.5 Å². The largest absolute Gasteiger partial charge is 0.497 e. The molecule has 1 saturated heterocycles. The van der Waals surface area contributed by atoms with E-state index in [1.54, 1.807) is 59.9 Å². The number of nitrogens with one attached hydrogen (secondary N) is 1. The quantitative estimate of drug-likeness (QED) is 0.0165. The number of nitro groups is 1. The van der Waals surface area contributed by atoms with Gasteiger partial charge in [-0.15, -0.1) is 0 Å². The maximum atomic E-state index is 15.7. The van der Waals surface area contributed by atoms with Crippen molar-refractivity contribution in [3.05, 3.63) is 200 Å². The van der Waals surface area contributed by atoms with Crippen LogP contribution in [0.1, 0.15) is 106 Å². The minimum absolute atomic E-state index is 0.0337. The lowest BCUT2D eigenvalue weighted by molar-refractivity contribution is -0.384. The minimum atomic E-state index is -4.27. The van der Waals surface area contributed by atoms with Gasteiger partial charge in [-0.25, -0.2) is 14.2 Å². The normalized spacial score (nSPS) is 16.3. The van der Waals surface area contributed by atoms with Crippen molar-refractivity contribution in [2.45, 2.75) is 89.6 Å². The smallest absolute Gasteiger partial charge is 0.409 e. The Hall–Kier alpha value is -9.07. The summed E-state index contributed by atoms with van der Waals surface area (Å²) in [5.41, 5.74) is 3.28. The summed E-state index contributed by atoms with van der Waals surface area (Å²) in [5, 5.41) is 24.4. The van der Waals surface area contributed by atoms with E-state index in [4.69, 9.17) is 57.2 Å². The molecule has 6 aromatic carbocycles. The lowest BCUT2D eigenvalue weighted by atomic mass is 9.80. The van der Waals surface area contributed by atoms with Gasteiger partial charge >= 0.3 is 7.75 Å². The number of hydrogen-bond donors (Lipinski definition) is 1. The fourth-order valence-corrected chi connectivity index (χ4v) is 13.7. The molecule has 1 aliphatic carbocycles. The number of nitriles is 1. The first kappa shape index (κ1) is 62.0. The van der Waals surface area contributed by atoms with Crippen LogP contribution in [0.15, 0.2) is 140 Å². The molecule has 10 rings (SSSR count). The van der Waals surface area contributed by atoms with Crippen LogP contribution in [-0.2, 0) is 41.7 Å². The number of benzene rings is 6. The predicted octanol–water partition coefficient (Wildman–Crippen LogP) is 11.6. The SMILES string of the molecule is COc1ccc(C(OC[C@H]2O[C@@H](n3cnc4c(OCCc5ccc([N+](=O)[O-])cc5)nc(NCc5c(OC)cc6c(c5OC)C(=O)c5ccccc5C6=O)nc43)C[C@@H]2OP(=O)(OCCC#N)N(C(C)C)C(C)C)(c2ccccc2)c2ccc(OC)cc2)cc1. The third-order valence-corrected chi connectivity index (χ3v) is 18.0. The third kappa shape index (κ3) is 12.4. The van der Waals surface area contributed by atoms with E-state index in [-0.39, 0.29) is 120 Å². The molecule has 88 heavy (non-hydrogen) atoms. The van der Waals surface area contributed by atoms with Crippen molar-refractivity contribution < 1.29 is 61.3 Å². The Morgan fingerprint density at radius 1 is 0.795 bits per heavy atom. The lowest BCUT2D eigenvalue weighted by Crippen LogP contribution is -2.40. The summed E-state index contributed by atoms with van der Waals surface area (Å²) in [4.78, 5) is 53.7. The van der Waals surface area contributed by atoms with Gasteiger partial charge in [-0.05, 0) is 80.3 Å². The highest BCUT2D eigenvalue weighted by molar-refractivity contribution is 7.51. The van der Waals surface area contributed by atoms with Crippen LogP contribution in [0.5, 0.6) is 28.9 Å². The molecule has 1 fully saturated rings. The lowest BCUT2D eigenvalue weighted by Gasteiger charge is -2.39. The Bertz CT molecular complexity index is 3860. The van der Waals surface area contributed by atoms with Crippen molar-refractivity contribution in [3.63, 3.8) is 0 Å². The second-order valence-electron chi connectivity index (χ2n) is 21.4. The number of fused-ring (bicyclic) bond motifs is 3. The van der Waals surface area contributed by atoms with Crippen molar-refractivity contribution in [2.24, 2.45) is 0 Å². The van der Waals surface area contributed by atoms with E-state index in [0.29, 0.717) is 23.5 Å². The van der Waals surface area contributed by atoms with Crippen LogP contribution in [0.25, 0.3) is 11.2 Å². The van der Waals surface area contributed by atoms with Crippen molar-refractivity contribution in [2.75, 3.05) is 53.6 Å². The van der Waals surface area contributed by atoms with Crippen LogP contribution in [0, 0.1) is 21.4 Å². The zero-order chi connectivity index (χ0) is 62.3. The van der Waals surface area contributed by atoms with Crippen LogP contribution in [0.4, 0.5) is 11.6 Å². The number of rotatable bonds is 27. The van der Waals surface area contributed by atoms with Gasteiger partial charge in [0.25, 0.3) is 5.69 Å². The van der Waals surface area contributed by atoms with Crippen LogP contribution < -0.4 is 29.0 Å². The summed E-state index contributed by atoms with van der Waals surface area (Å²) in [6, 6.07) is 40.6. The number of methoxy groups -OCH3 is 4. The maximum absolute atomic E-state index is 15.7. The summed E-state index contributed by atoms with van der Waals surface area (Å²) in [6.07, 6.45) is -1.09. The van der Waals surface area contributed by atoms with Gasteiger partial charge in [-0.3, -0.25) is 33.3 Å². The second kappa shape index (κ2) is 26.9. The van der Waals surface area contributed by atoms with Gasteiger partial charge in [0.15, 0.2) is 22.7 Å². The summed E-state index contributed by atoms with van der Waals surface area (Å²) in [5.74, 6) is 0.993. The Morgan fingerprint density at radius 2 is 1.42 bits per heavy atom. The highest BCUT2D eigenvalue weighted by Gasteiger charge is 2.49. The standard InChI is InChI=1S/C65H67N8O14P/c1-40(2)72(41(3)4)88(78,85-33-14-32-66)87-54-36-56(86-55(54)38-84-65(43-15-10-9-11-16-43,44-21-27-47(79-5)28-22-44)45-23-29-48(80-6)30-24-45)71-39-68-58-62(71)69-64(70-63(58)83-34-31-42-19-25-46(26-20-42)73(76)77)67-37-52-53(81-7)35-51-57(61(52)82-8)60(75)50-18-13-12-17-49(50)59(51)74/h9-13,15-30,35,39-41,54-56H,14,31,33-34,36-38H2,1-8H3,(H,67,69,70)/t54-,55+,56+,88?/m0/s1. The molecule has 2 aliphatic rings. The molecule has 456 valence electrons. The van der Waals surface area contributed by atoms with E-state index in [0.717, 1.165) is 22.3 Å². The number of hydrogen-bond acceptors (Lipinski definition) is 19. The van der Waals surface area contributed by atoms with Gasteiger partial charge in [-0.2, -0.15) is 15.2 Å². The summed E-state index contributed by atoms with van der Waals surface area (Å²) in [6.45, 7) is 7.20. The summed E-state index contributed by atoms with van der Waals surface area (Å²) >= 11 is 0. The molecule has 1 N–H and O–H groups in total. The Kier molecular flexibility index (Phi) is 19.0. The van der Waals surface area contributed by atoms with Gasteiger partial charge in [0.2, 0.25) is 11.8 Å². The molecule has 1 aliphatic heterocycles. The molecule has 23 heteroatoms. The number of nitrogens with zero attached hydrogens (tertiary/aromatic N) is 7. The molecule has 0 radical (unpaired) electrons. The van der Waals surface area contributed by atoms with Crippen molar-refractivity contribution in [3.8, 4) is 34.9 Å². The van der Waals surface area contributed by atoms with E-state index in [2.05, 4.69) is 11.4 Å². The summed E-state index contributed by atoms with van der Waals surface area (Å²) < 4.78 is 76.1. The van der Waals surface area contributed by atoms with E-state index in [1.165, 1.54) is 38.7 Å². The van der Waals surface area contributed by atoms with Gasteiger partial charge in [0.05, 0.1) is 89.7 Å². The molecule has 0 spiro atoms. The highest BCUT2D eigenvalue weighted by atomic mass is 31.2. The molecular formula is C65H67N8O14P. The zero-order valence-electron chi connectivity index (χ0n) is 49.9. The van der Waals surface area contributed by atoms with Crippen LogP contribution >= 0.6 is 7.75 Å². The van der Waals surface area contributed by atoms with Gasteiger partial charge in [0.1, 0.15) is 47.0 Å². The highest BCUT2D eigenvalue weighted by Crippen LogP contribution is 2.58. The minimum Gasteiger partial charge on any atom is -0.497 e. The van der Waals surface area contributed by atoms with E-state index in [1.807, 2.05) is 107 Å². The fraction of sp³-hybridized carbons (Fsp3) is 0.323. The topological polar surface area (TPSA) is 260 Å². The summed E-state index contributed by atoms with van der Waals surface area (Å²) in [7, 11) is 1.79. The Balaban J connectivity index is 1.07. The van der Waals surface area contributed by atoms with Crippen molar-refractivity contribution in [1.29, 1.82) is 5.26 Å². The molecule has 22 nitrogen and oxygen atoms in total. The zero-order valence-corrected chi connectivity index (χ0v) is 50.8. The van der Waals surface area contributed by atoms with E-state index < -0.39 is 42.5 Å². The monoisotopic (exact) mass is 1210 g/mol. The number of ether oxygens (including phenoxy) is 7. The number of carbonyl (C=O) groups is 2. The number of carbonyl (C=O) groups excluding carboxylic acids is 2. The molecule has 2 aromatic heterocycles. The predicted molar refractivity (Wildman–Crippen MR) is 325 cm³/mol. The van der Waals surface area contributed by atoms with Gasteiger partial charge in [-0.1, -0.05) is 91.0 Å².